The van der Waals surface area contributed by atoms with Gasteiger partial charge in [-0.3, -0.25) is 4.79 Å². The van der Waals surface area contributed by atoms with E-state index in [-0.39, 0.29) is 5.56 Å². The molecule has 1 aromatic rings. The minimum absolute atomic E-state index is 0.388. The second-order valence-electron chi connectivity index (χ2n) is 3.08. The summed E-state index contributed by atoms with van der Waals surface area (Å²) < 4.78 is 37.9. The molecule has 1 rings (SSSR count). The lowest BCUT2D eigenvalue weighted by Gasteiger charge is -2.13. The molecule has 0 spiro atoms. The summed E-state index contributed by atoms with van der Waals surface area (Å²) in [5.41, 5.74) is -2.66. The first-order valence-electron chi connectivity index (χ1n) is 4.24. The van der Waals surface area contributed by atoms with Crippen molar-refractivity contribution in [1.29, 1.82) is 5.26 Å². The molecule has 0 unspecified atom stereocenters. The van der Waals surface area contributed by atoms with Gasteiger partial charge in [-0.05, 0) is 12.1 Å². The minimum Gasteiger partial charge on any atom is -0.507 e. The number of phenolic OH excluding ortho intramolecular Hbond substituents is 1. The van der Waals surface area contributed by atoms with E-state index in [2.05, 4.69) is 0 Å². The zero-order chi connectivity index (χ0) is 13.2. The molecule has 0 radical (unpaired) electrons. The van der Waals surface area contributed by atoms with Crippen LogP contribution in [-0.4, -0.2) is 16.8 Å². The molecule has 1 aromatic carbocycles. The lowest BCUT2D eigenvalue weighted by atomic mass is 9.99. The van der Waals surface area contributed by atoms with Crippen LogP contribution >= 0.6 is 11.6 Å². The van der Waals surface area contributed by atoms with Crippen LogP contribution in [0.3, 0.4) is 0 Å². The smallest absolute Gasteiger partial charge is 0.417 e. The van der Waals surface area contributed by atoms with E-state index in [1.807, 2.05) is 0 Å². The Bertz CT molecular complexity index is 505. The van der Waals surface area contributed by atoms with Gasteiger partial charge in [-0.15, -0.1) is 11.6 Å². The topological polar surface area (TPSA) is 61.1 Å². The fraction of sp³-hybridized carbons (Fsp3) is 0.200. The van der Waals surface area contributed by atoms with Crippen LogP contribution in [0.4, 0.5) is 13.2 Å². The number of nitrogens with zero attached hydrogens (tertiary/aromatic N) is 1. The molecule has 0 heterocycles. The SMILES string of the molecule is N#Cc1cc(O)c(C(=O)CCl)c(C(F)(F)F)c1. The first kappa shape index (κ1) is 13.3. The third kappa shape index (κ3) is 2.68. The lowest BCUT2D eigenvalue weighted by molar-refractivity contribution is -0.138. The van der Waals surface area contributed by atoms with Crippen molar-refractivity contribution in [3.05, 3.63) is 28.8 Å². The van der Waals surface area contributed by atoms with Crippen LogP contribution in [-0.2, 0) is 6.18 Å². The van der Waals surface area contributed by atoms with Crippen molar-refractivity contribution in [1.82, 2.24) is 0 Å². The molecule has 0 aromatic heterocycles. The third-order valence-corrected chi connectivity index (χ3v) is 2.19. The monoisotopic (exact) mass is 263 g/mol. The number of alkyl halides is 4. The van der Waals surface area contributed by atoms with E-state index in [9.17, 15) is 23.1 Å². The number of aromatic hydroxyl groups is 1. The number of hydrogen-bond acceptors (Lipinski definition) is 3. The van der Waals surface area contributed by atoms with Crippen molar-refractivity contribution in [2.24, 2.45) is 0 Å². The summed E-state index contributed by atoms with van der Waals surface area (Å²) in [4.78, 5) is 11.2. The van der Waals surface area contributed by atoms with Crippen molar-refractivity contribution in [3.8, 4) is 11.8 Å². The summed E-state index contributed by atoms with van der Waals surface area (Å²) in [6.07, 6.45) is -4.85. The van der Waals surface area contributed by atoms with Gasteiger partial charge >= 0.3 is 6.18 Å². The van der Waals surface area contributed by atoms with Gasteiger partial charge in [-0.1, -0.05) is 0 Å². The van der Waals surface area contributed by atoms with Crippen molar-refractivity contribution in [2.45, 2.75) is 6.18 Å². The average molecular weight is 264 g/mol. The van der Waals surface area contributed by atoms with Crippen LogP contribution in [0.25, 0.3) is 0 Å². The van der Waals surface area contributed by atoms with Crippen LogP contribution < -0.4 is 0 Å². The molecule has 0 fully saturated rings. The normalized spacial score (nSPS) is 11.0. The number of rotatable bonds is 2. The van der Waals surface area contributed by atoms with E-state index in [1.54, 1.807) is 0 Å². The van der Waals surface area contributed by atoms with Crippen molar-refractivity contribution < 1.29 is 23.1 Å². The Balaban J connectivity index is 3.58. The van der Waals surface area contributed by atoms with Gasteiger partial charge in [0, 0.05) is 0 Å². The molecule has 0 saturated heterocycles. The summed E-state index contributed by atoms with van der Waals surface area (Å²) in [7, 11) is 0. The second-order valence-corrected chi connectivity index (χ2v) is 3.35. The van der Waals surface area contributed by atoms with E-state index < -0.39 is 34.7 Å². The van der Waals surface area contributed by atoms with E-state index in [0.717, 1.165) is 6.07 Å². The highest BCUT2D eigenvalue weighted by Crippen LogP contribution is 2.37. The minimum atomic E-state index is -4.85. The van der Waals surface area contributed by atoms with Crippen LogP contribution in [0.15, 0.2) is 12.1 Å². The zero-order valence-corrected chi connectivity index (χ0v) is 8.93. The third-order valence-electron chi connectivity index (χ3n) is 1.95. The Morgan fingerprint density at radius 2 is 2.06 bits per heavy atom. The molecule has 0 saturated carbocycles. The quantitative estimate of drug-likeness (QED) is 0.659. The number of carbonyl (C=O) groups is 1. The first-order valence-corrected chi connectivity index (χ1v) is 4.78. The Hall–Kier alpha value is -1.74. The fourth-order valence-corrected chi connectivity index (χ4v) is 1.41. The molecule has 0 aliphatic rings. The summed E-state index contributed by atoms with van der Waals surface area (Å²) in [6.45, 7) is 0. The van der Waals surface area contributed by atoms with Crippen LogP contribution in [0, 0.1) is 11.3 Å². The molecule has 0 amide bonds. The maximum atomic E-state index is 12.6. The molecule has 0 bridgehead atoms. The highest BCUT2D eigenvalue weighted by Gasteiger charge is 2.37. The second kappa shape index (κ2) is 4.63. The van der Waals surface area contributed by atoms with E-state index >= 15 is 0 Å². The summed E-state index contributed by atoms with van der Waals surface area (Å²) in [5, 5.41) is 17.8. The van der Waals surface area contributed by atoms with E-state index in [0.29, 0.717) is 6.07 Å². The van der Waals surface area contributed by atoms with Crippen LogP contribution in [0.2, 0.25) is 0 Å². The van der Waals surface area contributed by atoms with Gasteiger partial charge in [0.2, 0.25) is 0 Å². The van der Waals surface area contributed by atoms with E-state index in [4.69, 9.17) is 16.9 Å². The predicted octanol–water partition coefficient (Wildman–Crippen LogP) is 2.70. The van der Waals surface area contributed by atoms with Crippen LogP contribution in [0.1, 0.15) is 21.5 Å². The number of hydrogen-bond donors (Lipinski definition) is 1. The Morgan fingerprint density at radius 1 is 1.47 bits per heavy atom. The number of nitriles is 1. The average Bonchev–Trinajstić information content (AvgIpc) is 2.25. The Kier molecular flexibility index (Phi) is 3.63. The Labute approximate surface area is 99.0 Å². The molecular formula is C10H5ClF3NO2. The van der Waals surface area contributed by atoms with Gasteiger partial charge in [-0.2, -0.15) is 18.4 Å². The number of halogens is 4. The first-order chi connectivity index (χ1) is 7.81. The molecule has 90 valence electrons. The molecule has 7 heteroatoms. The number of phenols is 1. The molecule has 3 nitrogen and oxygen atoms in total. The standard InChI is InChI=1S/C10H5ClF3NO2/c11-3-8(17)9-6(10(12,13)14)1-5(4-15)2-7(9)16/h1-2,16H,3H2. The maximum absolute atomic E-state index is 12.6. The lowest BCUT2D eigenvalue weighted by Crippen LogP contribution is -2.14. The summed E-state index contributed by atoms with van der Waals surface area (Å²) in [6, 6.07) is 2.75. The van der Waals surface area contributed by atoms with E-state index in [1.165, 1.54) is 6.07 Å². The van der Waals surface area contributed by atoms with Gasteiger partial charge in [0.15, 0.2) is 5.78 Å². The highest BCUT2D eigenvalue weighted by molar-refractivity contribution is 6.31. The molecule has 0 aliphatic carbocycles. The molecule has 1 N–H and O–H groups in total. The number of benzene rings is 1. The van der Waals surface area contributed by atoms with Gasteiger partial charge < -0.3 is 5.11 Å². The summed E-state index contributed by atoms with van der Waals surface area (Å²) >= 11 is 5.16. The van der Waals surface area contributed by atoms with Crippen molar-refractivity contribution in [3.63, 3.8) is 0 Å². The maximum Gasteiger partial charge on any atom is 0.417 e. The summed E-state index contributed by atoms with van der Waals surface area (Å²) in [5.74, 6) is -2.65. The number of Topliss-reactive ketones (excluding diaryl/α,β-unsaturated/α-hetero) is 1. The Morgan fingerprint density at radius 3 is 2.47 bits per heavy atom. The number of carbonyl (C=O) groups excluding carboxylic acids is 1. The van der Waals surface area contributed by atoms with Crippen molar-refractivity contribution >= 4 is 17.4 Å². The largest absolute Gasteiger partial charge is 0.507 e. The van der Waals surface area contributed by atoms with Gasteiger partial charge in [0.1, 0.15) is 5.75 Å². The fourth-order valence-electron chi connectivity index (χ4n) is 1.27. The van der Waals surface area contributed by atoms with Gasteiger partial charge in [0.05, 0.1) is 28.6 Å². The van der Waals surface area contributed by atoms with Crippen molar-refractivity contribution in [2.75, 3.05) is 5.88 Å². The molecular weight excluding hydrogens is 259 g/mol. The predicted molar refractivity (Wildman–Crippen MR) is 52.9 cm³/mol. The molecule has 17 heavy (non-hydrogen) atoms. The zero-order valence-electron chi connectivity index (χ0n) is 8.18. The van der Waals surface area contributed by atoms with Gasteiger partial charge in [0.25, 0.3) is 0 Å². The van der Waals surface area contributed by atoms with Crippen LogP contribution in [0.5, 0.6) is 5.75 Å². The molecule has 0 atom stereocenters. The number of ketones is 1. The van der Waals surface area contributed by atoms with Gasteiger partial charge in [-0.25, -0.2) is 0 Å². The highest BCUT2D eigenvalue weighted by atomic mass is 35.5. The molecule has 0 aliphatic heterocycles.